The normalized spacial score (nSPS) is 13.3. The lowest BCUT2D eigenvalue weighted by molar-refractivity contribution is -0.118. The Kier molecular flexibility index (Phi) is 6.90. The highest BCUT2D eigenvalue weighted by molar-refractivity contribution is 6.44. The average molecular weight is 441 g/mol. The molecular formula is C26H24N4O3. The van der Waals surface area contributed by atoms with Gasteiger partial charge in [0.2, 0.25) is 5.91 Å². The minimum atomic E-state index is -0.437. The molecule has 0 fully saturated rings. The first-order valence-corrected chi connectivity index (χ1v) is 10.8. The van der Waals surface area contributed by atoms with Crippen LogP contribution >= 0.6 is 0 Å². The summed E-state index contributed by atoms with van der Waals surface area (Å²) >= 11 is 0. The Morgan fingerprint density at radius 2 is 1.48 bits per heavy atom. The van der Waals surface area contributed by atoms with Crippen LogP contribution in [0.2, 0.25) is 0 Å². The lowest BCUT2D eigenvalue weighted by atomic mass is 10.1. The molecule has 0 spiro atoms. The molecule has 166 valence electrons. The van der Waals surface area contributed by atoms with Gasteiger partial charge in [-0.05, 0) is 36.2 Å². The molecule has 1 heterocycles. The molecule has 0 aromatic heterocycles. The van der Waals surface area contributed by atoms with E-state index in [2.05, 4.69) is 15.7 Å². The molecule has 3 aromatic carbocycles. The molecule has 0 atom stereocenters. The zero-order chi connectivity index (χ0) is 23.0. The number of hydrogen-bond acceptors (Lipinski definition) is 4. The van der Waals surface area contributed by atoms with Crippen molar-refractivity contribution in [2.75, 3.05) is 16.9 Å². The van der Waals surface area contributed by atoms with Gasteiger partial charge >= 0.3 is 0 Å². The number of hydrazone groups is 1. The smallest absolute Gasteiger partial charge is 0.271 e. The molecule has 0 aliphatic carbocycles. The van der Waals surface area contributed by atoms with Crippen LogP contribution in [0.4, 0.5) is 11.4 Å². The van der Waals surface area contributed by atoms with Crippen LogP contribution in [0.3, 0.4) is 0 Å². The van der Waals surface area contributed by atoms with Gasteiger partial charge in [0.1, 0.15) is 5.71 Å². The standard InChI is InChI=1S/C26H24N4O3/c31-24-16-15-23(29-30(24)20-11-5-2-6-12-20)26(33)28-22-14-8-7-13-21(22)25(32)27-18-17-19-9-3-1-4-10-19/h1-14H,15-18H2,(H,27,32)(H,28,33). The highest BCUT2D eigenvalue weighted by Crippen LogP contribution is 2.21. The minimum absolute atomic E-state index is 0.170. The molecule has 1 aliphatic rings. The van der Waals surface area contributed by atoms with E-state index in [1.54, 1.807) is 48.5 Å². The molecule has 0 radical (unpaired) electrons. The summed E-state index contributed by atoms with van der Waals surface area (Å²) in [7, 11) is 0. The Labute approximate surface area is 192 Å². The van der Waals surface area contributed by atoms with E-state index in [1.165, 1.54) is 5.01 Å². The maximum atomic E-state index is 12.9. The van der Waals surface area contributed by atoms with E-state index in [-0.39, 0.29) is 30.4 Å². The molecule has 0 saturated heterocycles. The maximum Gasteiger partial charge on any atom is 0.271 e. The predicted molar refractivity (Wildman–Crippen MR) is 128 cm³/mol. The zero-order valence-electron chi connectivity index (χ0n) is 18.0. The number of nitrogens with zero attached hydrogens (tertiary/aromatic N) is 2. The molecule has 7 heteroatoms. The fourth-order valence-electron chi connectivity index (χ4n) is 3.53. The molecule has 7 nitrogen and oxygen atoms in total. The monoisotopic (exact) mass is 440 g/mol. The van der Waals surface area contributed by atoms with Gasteiger partial charge < -0.3 is 10.6 Å². The Bertz CT molecular complexity index is 1180. The van der Waals surface area contributed by atoms with Crippen molar-refractivity contribution in [3.8, 4) is 0 Å². The van der Waals surface area contributed by atoms with Crippen molar-refractivity contribution in [1.29, 1.82) is 0 Å². The summed E-state index contributed by atoms with van der Waals surface area (Å²) in [6, 6.07) is 25.7. The number of carbonyl (C=O) groups is 3. The second-order valence-electron chi connectivity index (χ2n) is 7.58. The third kappa shape index (κ3) is 5.51. The van der Waals surface area contributed by atoms with Crippen molar-refractivity contribution in [2.24, 2.45) is 5.10 Å². The molecule has 2 N–H and O–H groups in total. The fraction of sp³-hybridized carbons (Fsp3) is 0.154. The highest BCUT2D eigenvalue weighted by Gasteiger charge is 2.26. The van der Waals surface area contributed by atoms with Gasteiger partial charge in [0.15, 0.2) is 0 Å². The number of benzene rings is 3. The first-order valence-electron chi connectivity index (χ1n) is 10.8. The van der Waals surface area contributed by atoms with Crippen molar-refractivity contribution in [3.63, 3.8) is 0 Å². The van der Waals surface area contributed by atoms with E-state index in [0.717, 1.165) is 5.56 Å². The van der Waals surface area contributed by atoms with Crippen molar-refractivity contribution < 1.29 is 14.4 Å². The third-order valence-corrected chi connectivity index (χ3v) is 5.26. The van der Waals surface area contributed by atoms with E-state index in [0.29, 0.717) is 29.9 Å². The number of amides is 3. The summed E-state index contributed by atoms with van der Waals surface area (Å²) in [5, 5.41) is 11.2. The number of rotatable bonds is 7. The fourth-order valence-corrected chi connectivity index (χ4v) is 3.53. The first kappa shape index (κ1) is 22.0. The Morgan fingerprint density at radius 1 is 0.818 bits per heavy atom. The molecule has 3 aromatic rings. The first-order chi connectivity index (χ1) is 16.1. The number of anilines is 2. The van der Waals surface area contributed by atoms with Gasteiger partial charge in [-0.1, -0.05) is 60.7 Å². The summed E-state index contributed by atoms with van der Waals surface area (Å²) in [5.74, 6) is -0.877. The van der Waals surface area contributed by atoms with Gasteiger partial charge in [0, 0.05) is 19.4 Å². The maximum absolute atomic E-state index is 12.9. The number of nitrogens with one attached hydrogen (secondary N) is 2. The molecule has 3 amide bonds. The quantitative estimate of drug-likeness (QED) is 0.586. The van der Waals surface area contributed by atoms with Crippen molar-refractivity contribution in [3.05, 3.63) is 96.1 Å². The topological polar surface area (TPSA) is 90.9 Å². The Balaban J connectivity index is 1.44. The van der Waals surface area contributed by atoms with Crippen LogP contribution in [0.25, 0.3) is 0 Å². The van der Waals surface area contributed by atoms with Gasteiger partial charge in [-0.25, -0.2) is 5.01 Å². The van der Waals surface area contributed by atoms with Crippen LogP contribution in [-0.2, 0) is 16.0 Å². The zero-order valence-corrected chi connectivity index (χ0v) is 18.0. The molecule has 1 aliphatic heterocycles. The SMILES string of the molecule is O=C(Nc1ccccc1C(=O)NCCc1ccccc1)C1=NN(c2ccccc2)C(=O)CC1. The highest BCUT2D eigenvalue weighted by atomic mass is 16.2. The van der Waals surface area contributed by atoms with E-state index < -0.39 is 5.91 Å². The molecule has 33 heavy (non-hydrogen) atoms. The van der Waals surface area contributed by atoms with Crippen molar-refractivity contribution >= 4 is 34.8 Å². The number of para-hydroxylation sites is 2. The van der Waals surface area contributed by atoms with Gasteiger partial charge in [-0.15, -0.1) is 0 Å². The van der Waals surface area contributed by atoms with E-state index >= 15 is 0 Å². The number of hydrogen-bond donors (Lipinski definition) is 2. The van der Waals surface area contributed by atoms with Gasteiger partial charge in [-0.3, -0.25) is 14.4 Å². The summed E-state index contributed by atoms with van der Waals surface area (Å²) in [6.07, 6.45) is 1.13. The molecular weight excluding hydrogens is 416 g/mol. The second-order valence-corrected chi connectivity index (χ2v) is 7.58. The molecule has 0 bridgehead atoms. The van der Waals surface area contributed by atoms with Gasteiger partial charge in [0.25, 0.3) is 11.8 Å². The van der Waals surface area contributed by atoms with Crippen LogP contribution in [0.15, 0.2) is 90.0 Å². The lowest BCUT2D eigenvalue weighted by Crippen LogP contribution is -2.36. The summed E-state index contributed by atoms with van der Waals surface area (Å²) in [4.78, 5) is 38.0. The Morgan fingerprint density at radius 3 is 2.24 bits per heavy atom. The van der Waals surface area contributed by atoms with Gasteiger partial charge in [-0.2, -0.15) is 5.10 Å². The van der Waals surface area contributed by atoms with Crippen molar-refractivity contribution in [1.82, 2.24) is 5.32 Å². The summed E-state index contributed by atoms with van der Waals surface area (Å²) < 4.78 is 0. The molecule has 0 unspecified atom stereocenters. The lowest BCUT2D eigenvalue weighted by Gasteiger charge is -2.23. The van der Waals surface area contributed by atoms with Crippen LogP contribution in [0.5, 0.6) is 0 Å². The van der Waals surface area contributed by atoms with Crippen LogP contribution < -0.4 is 15.6 Å². The largest absolute Gasteiger partial charge is 0.352 e. The van der Waals surface area contributed by atoms with Crippen LogP contribution in [0.1, 0.15) is 28.8 Å². The molecule has 0 saturated carbocycles. The number of carbonyl (C=O) groups excluding carboxylic acids is 3. The predicted octanol–water partition coefficient (Wildman–Crippen LogP) is 3.78. The van der Waals surface area contributed by atoms with Crippen molar-refractivity contribution in [2.45, 2.75) is 19.3 Å². The Hall–Kier alpha value is -4.26. The average Bonchev–Trinajstić information content (AvgIpc) is 2.85. The van der Waals surface area contributed by atoms with E-state index in [9.17, 15) is 14.4 Å². The van der Waals surface area contributed by atoms with Gasteiger partial charge in [0.05, 0.1) is 16.9 Å². The third-order valence-electron chi connectivity index (χ3n) is 5.26. The van der Waals surface area contributed by atoms with Crippen LogP contribution in [-0.4, -0.2) is 30.0 Å². The minimum Gasteiger partial charge on any atom is -0.352 e. The second kappa shape index (κ2) is 10.4. The molecule has 4 rings (SSSR count). The summed E-state index contributed by atoms with van der Waals surface area (Å²) in [5.41, 5.74) is 2.73. The van der Waals surface area contributed by atoms with E-state index in [1.807, 2.05) is 36.4 Å². The summed E-state index contributed by atoms with van der Waals surface area (Å²) in [6.45, 7) is 0.478. The van der Waals surface area contributed by atoms with E-state index in [4.69, 9.17) is 0 Å². The van der Waals surface area contributed by atoms with Crippen LogP contribution in [0, 0.1) is 0 Å².